The van der Waals surface area contributed by atoms with Crippen LogP contribution < -0.4 is 9.47 Å². The Hall–Kier alpha value is -1.75. The van der Waals surface area contributed by atoms with Crippen LogP contribution in [0.2, 0.25) is 0 Å². The molecule has 5 nitrogen and oxygen atoms in total. The standard InChI is InChI=1S/C15H21NO4/c1-19-13-7-3-6-12(14(13)20-2)15(18)16-8-4-5-11(9-16)10-17/h3,6-7,11,17H,4-5,8-10H2,1-2H3. The van der Waals surface area contributed by atoms with E-state index in [-0.39, 0.29) is 18.4 Å². The lowest BCUT2D eigenvalue weighted by molar-refractivity contribution is 0.0617. The lowest BCUT2D eigenvalue weighted by Gasteiger charge is -2.32. The molecular weight excluding hydrogens is 258 g/mol. The van der Waals surface area contributed by atoms with E-state index in [9.17, 15) is 9.90 Å². The highest BCUT2D eigenvalue weighted by Crippen LogP contribution is 2.32. The molecule has 0 radical (unpaired) electrons. The number of rotatable bonds is 4. The van der Waals surface area contributed by atoms with Gasteiger partial charge in [-0.2, -0.15) is 0 Å². The van der Waals surface area contributed by atoms with Crippen LogP contribution in [-0.2, 0) is 0 Å². The van der Waals surface area contributed by atoms with Crippen LogP contribution in [0.25, 0.3) is 0 Å². The fourth-order valence-electron chi connectivity index (χ4n) is 2.62. The Balaban J connectivity index is 2.24. The number of hydrogen-bond acceptors (Lipinski definition) is 4. The van der Waals surface area contributed by atoms with Crippen molar-refractivity contribution in [2.45, 2.75) is 12.8 Å². The zero-order valence-corrected chi connectivity index (χ0v) is 12.0. The van der Waals surface area contributed by atoms with Crippen molar-refractivity contribution in [1.29, 1.82) is 0 Å². The molecule has 1 aliphatic heterocycles. The lowest BCUT2D eigenvalue weighted by atomic mass is 9.98. The second-order valence-corrected chi connectivity index (χ2v) is 4.98. The third-order valence-electron chi connectivity index (χ3n) is 3.70. The van der Waals surface area contributed by atoms with E-state index in [0.29, 0.717) is 23.6 Å². The molecule has 0 spiro atoms. The average Bonchev–Trinajstić information content (AvgIpc) is 2.53. The zero-order valence-electron chi connectivity index (χ0n) is 12.0. The van der Waals surface area contributed by atoms with Crippen molar-refractivity contribution in [2.24, 2.45) is 5.92 Å². The fraction of sp³-hybridized carbons (Fsp3) is 0.533. The van der Waals surface area contributed by atoms with Gasteiger partial charge in [-0.05, 0) is 30.9 Å². The minimum Gasteiger partial charge on any atom is -0.493 e. The number of aliphatic hydroxyl groups excluding tert-OH is 1. The highest BCUT2D eigenvalue weighted by atomic mass is 16.5. The Kier molecular flexibility index (Phi) is 4.84. The van der Waals surface area contributed by atoms with Gasteiger partial charge in [0.05, 0.1) is 19.8 Å². The first kappa shape index (κ1) is 14.7. The van der Waals surface area contributed by atoms with Crippen LogP contribution in [0, 0.1) is 5.92 Å². The van der Waals surface area contributed by atoms with Crippen molar-refractivity contribution < 1.29 is 19.4 Å². The Labute approximate surface area is 119 Å². The van der Waals surface area contributed by atoms with E-state index in [4.69, 9.17) is 9.47 Å². The van der Waals surface area contributed by atoms with E-state index >= 15 is 0 Å². The van der Waals surface area contributed by atoms with Gasteiger partial charge in [0, 0.05) is 19.7 Å². The summed E-state index contributed by atoms with van der Waals surface area (Å²) < 4.78 is 10.5. The molecule has 0 bridgehead atoms. The van der Waals surface area contributed by atoms with E-state index < -0.39 is 0 Å². The molecule has 1 N–H and O–H groups in total. The van der Waals surface area contributed by atoms with E-state index in [1.807, 2.05) is 0 Å². The predicted octanol–water partition coefficient (Wildman–Crippen LogP) is 1.55. The first-order chi connectivity index (χ1) is 9.71. The smallest absolute Gasteiger partial charge is 0.257 e. The molecular formula is C15H21NO4. The molecule has 0 aromatic heterocycles. The molecule has 110 valence electrons. The summed E-state index contributed by atoms with van der Waals surface area (Å²) in [6, 6.07) is 5.29. The molecule has 1 heterocycles. The molecule has 2 rings (SSSR count). The van der Waals surface area contributed by atoms with Gasteiger partial charge in [-0.25, -0.2) is 0 Å². The molecule has 1 aromatic carbocycles. The number of piperidine rings is 1. The van der Waals surface area contributed by atoms with Crippen LogP contribution >= 0.6 is 0 Å². The topological polar surface area (TPSA) is 59.0 Å². The first-order valence-electron chi connectivity index (χ1n) is 6.82. The Bertz CT molecular complexity index is 475. The average molecular weight is 279 g/mol. The Morgan fingerprint density at radius 2 is 2.20 bits per heavy atom. The van der Waals surface area contributed by atoms with Crippen LogP contribution in [0.15, 0.2) is 18.2 Å². The number of ether oxygens (including phenoxy) is 2. The third-order valence-corrected chi connectivity index (χ3v) is 3.70. The molecule has 1 fully saturated rings. The molecule has 1 saturated heterocycles. The Morgan fingerprint density at radius 1 is 1.40 bits per heavy atom. The number of para-hydroxylation sites is 1. The summed E-state index contributed by atoms with van der Waals surface area (Å²) in [4.78, 5) is 14.4. The number of aliphatic hydroxyl groups is 1. The maximum absolute atomic E-state index is 12.6. The number of benzene rings is 1. The minimum absolute atomic E-state index is 0.0705. The van der Waals surface area contributed by atoms with E-state index in [2.05, 4.69) is 0 Å². The lowest BCUT2D eigenvalue weighted by Crippen LogP contribution is -2.41. The quantitative estimate of drug-likeness (QED) is 0.908. The van der Waals surface area contributed by atoms with Crippen LogP contribution in [0.3, 0.4) is 0 Å². The molecule has 1 unspecified atom stereocenters. The van der Waals surface area contributed by atoms with Gasteiger partial charge >= 0.3 is 0 Å². The summed E-state index contributed by atoms with van der Waals surface area (Å²) in [7, 11) is 3.08. The summed E-state index contributed by atoms with van der Waals surface area (Å²) in [6.07, 6.45) is 1.89. The number of nitrogens with zero attached hydrogens (tertiary/aromatic N) is 1. The van der Waals surface area contributed by atoms with Crippen molar-refractivity contribution in [1.82, 2.24) is 4.90 Å². The summed E-state index contributed by atoms with van der Waals surface area (Å²) >= 11 is 0. The molecule has 0 aliphatic carbocycles. The summed E-state index contributed by atoms with van der Waals surface area (Å²) in [6.45, 7) is 1.43. The van der Waals surface area contributed by atoms with Crippen LogP contribution in [0.4, 0.5) is 0 Å². The molecule has 1 aromatic rings. The summed E-state index contributed by atoms with van der Waals surface area (Å²) in [5.74, 6) is 1.11. The zero-order chi connectivity index (χ0) is 14.5. The maximum atomic E-state index is 12.6. The normalized spacial score (nSPS) is 18.8. The van der Waals surface area contributed by atoms with Crippen molar-refractivity contribution in [2.75, 3.05) is 33.9 Å². The van der Waals surface area contributed by atoms with Crippen LogP contribution in [0.5, 0.6) is 11.5 Å². The van der Waals surface area contributed by atoms with Gasteiger partial charge in [-0.15, -0.1) is 0 Å². The number of carbonyl (C=O) groups excluding carboxylic acids is 1. The van der Waals surface area contributed by atoms with Crippen LogP contribution in [0.1, 0.15) is 23.2 Å². The van der Waals surface area contributed by atoms with Gasteiger partial charge in [-0.1, -0.05) is 6.07 Å². The largest absolute Gasteiger partial charge is 0.493 e. The van der Waals surface area contributed by atoms with Crippen molar-refractivity contribution in [3.8, 4) is 11.5 Å². The fourth-order valence-corrected chi connectivity index (χ4v) is 2.62. The number of hydrogen-bond donors (Lipinski definition) is 1. The monoisotopic (exact) mass is 279 g/mol. The van der Waals surface area contributed by atoms with Gasteiger partial charge in [-0.3, -0.25) is 4.79 Å². The number of amides is 1. The minimum atomic E-state index is -0.0705. The SMILES string of the molecule is COc1cccc(C(=O)N2CCCC(CO)C2)c1OC. The molecule has 1 aliphatic rings. The van der Waals surface area contributed by atoms with E-state index in [1.54, 1.807) is 30.2 Å². The van der Waals surface area contributed by atoms with Crippen molar-refractivity contribution >= 4 is 5.91 Å². The maximum Gasteiger partial charge on any atom is 0.257 e. The predicted molar refractivity (Wildman–Crippen MR) is 75.3 cm³/mol. The van der Waals surface area contributed by atoms with Crippen molar-refractivity contribution in [3.05, 3.63) is 23.8 Å². The number of carbonyl (C=O) groups is 1. The second-order valence-electron chi connectivity index (χ2n) is 4.98. The van der Waals surface area contributed by atoms with Gasteiger partial charge < -0.3 is 19.5 Å². The molecule has 20 heavy (non-hydrogen) atoms. The molecule has 0 saturated carbocycles. The van der Waals surface area contributed by atoms with Gasteiger partial charge in [0.1, 0.15) is 0 Å². The van der Waals surface area contributed by atoms with Gasteiger partial charge in [0.25, 0.3) is 5.91 Å². The van der Waals surface area contributed by atoms with Crippen LogP contribution in [-0.4, -0.2) is 49.8 Å². The number of likely N-dealkylation sites (tertiary alicyclic amines) is 1. The Morgan fingerprint density at radius 3 is 2.85 bits per heavy atom. The highest BCUT2D eigenvalue weighted by Gasteiger charge is 2.26. The van der Waals surface area contributed by atoms with Gasteiger partial charge in [0.15, 0.2) is 11.5 Å². The third kappa shape index (κ3) is 2.88. The number of methoxy groups -OCH3 is 2. The second kappa shape index (κ2) is 6.61. The van der Waals surface area contributed by atoms with Gasteiger partial charge in [0.2, 0.25) is 0 Å². The molecule has 1 atom stereocenters. The summed E-state index contributed by atoms with van der Waals surface area (Å²) in [5.41, 5.74) is 0.505. The summed E-state index contributed by atoms with van der Waals surface area (Å²) in [5, 5.41) is 9.26. The van der Waals surface area contributed by atoms with Crippen molar-refractivity contribution in [3.63, 3.8) is 0 Å². The van der Waals surface area contributed by atoms with E-state index in [1.165, 1.54) is 7.11 Å². The highest BCUT2D eigenvalue weighted by molar-refractivity contribution is 5.97. The molecule has 1 amide bonds. The van der Waals surface area contributed by atoms with E-state index in [0.717, 1.165) is 19.4 Å². The molecule has 5 heteroatoms. The first-order valence-corrected chi connectivity index (χ1v) is 6.82.